The molecule has 31 heavy (non-hydrogen) atoms. The van der Waals surface area contributed by atoms with Gasteiger partial charge in [-0.1, -0.05) is 17.8 Å². The molecular weight excluding hydrogens is 484 g/mol. The number of aromatic nitrogens is 3. The Morgan fingerprint density at radius 3 is 2.48 bits per heavy atom. The molecule has 1 aromatic heterocycles. The van der Waals surface area contributed by atoms with Crippen LogP contribution in [0.5, 0.6) is 11.5 Å². The van der Waals surface area contributed by atoms with Gasteiger partial charge in [0.2, 0.25) is 6.54 Å². The van der Waals surface area contributed by atoms with Crippen LogP contribution >= 0.6 is 27.7 Å². The van der Waals surface area contributed by atoms with E-state index >= 15 is 0 Å². The first kappa shape index (κ1) is 23.1. The predicted octanol–water partition coefficient (Wildman–Crippen LogP) is 5.08. The van der Waals surface area contributed by atoms with Gasteiger partial charge in [0.25, 0.3) is 0 Å². The number of thioether (sulfide) groups is 1. The summed E-state index contributed by atoms with van der Waals surface area (Å²) in [5.74, 6) is 1.73. The van der Waals surface area contributed by atoms with Gasteiger partial charge in [-0.3, -0.25) is 14.7 Å². The summed E-state index contributed by atoms with van der Waals surface area (Å²) in [6, 6.07) is 9.67. The molecule has 10 heteroatoms. The van der Waals surface area contributed by atoms with Gasteiger partial charge in [0, 0.05) is 10.6 Å². The van der Waals surface area contributed by atoms with E-state index in [1.165, 1.54) is 24.4 Å². The summed E-state index contributed by atoms with van der Waals surface area (Å²) in [6.07, 6.45) is 0. The van der Waals surface area contributed by atoms with Crippen molar-refractivity contribution < 1.29 is 14.4 Å². The first-order valence-electron chi connectivity index (χ1n) is 9.44. The minimum atomic E-state index is -0.514. The molecule has 3 rings (SSSR count). The van der Waals surface area contributed by atoms with Crippen molar-refractivity contribution in [2.45, 2.75) is 31.2 Å². The van der Waals surface area contributed by atoms with E-state index in [0.717, 1.165) is 16.8 Å². The van der Waals surface area contributed by atoms with Gasteiger partial charge in [0.1, 0.15) is 11.1 Å². The monoisotopic (exact) mass is 506 g/mol. The Morgan fingerprint density at radius 2 is 1.87 bits per heavy atom. The van der Waals surface area contributed by atoms with Gasteiger partial charge in [-0.15, -0.1) is 10.2 Å². The van der Waals surface area contributed by atoms with Crippen LogP contribution in [0.25, 0.3) is 5.69 Å². The zero-order valence-electron chi connectivity index (χ0n) is 17.9. The molecule has 0 aliphatic rings. The molecule has 164 valence electrons. The number of hydrogen-bond donors (Lipinski definition) is 0. The molecule has 0 aliphatic carbocycles. The second kappa shape index (κ2) is 9.69. The van der Waals surface area contributed by atoms with E-state index in [9.17, 15) is 10.1 Å². The average molecular weight is 507 g/mol. The van der Waals surface area contributed by atoms with Crippen LogP contribution in [0.4, 0.5) is 0 Å². The van der Waals surface area contributed by atoms with Crippen LogP contribution in [0.15, 0.2) is 40.0 Å². The Kier molecular flexibility index (Phi) is 7.22. The molecule has 0 amide bonds. The summed E-state index contributed by atoms with van der Waals surface area (Å²) in [6.45, 7) is 5.67. The number of methoxy groups -OCH3 is 2. The highest BCUT2D eigenvalue weighted by Gasteiger charge is 2.26. The van der Waals surface area contributed by atoms with Crippen LogP contribution in [0.3, 0.4) is 0 Å². The van der Waals surface area contributed by atoms with Crippen LogP contribution in [0.2, 0.25) is 0 Å². The highest BCUT2D eigenvalue weighted by Crippen LogP contribution is 2.43. The van der Waals surface area contributed by atoms with E-state index in [-0.39, 0.29) is 11.5 Å². The van der Waals surface area contributed by atoms with Gasteiger partial charge >= 0.3 is 0 Å². The van der Waals surface area contributed by atoms with Gasteiger partial charge < -0.3 is 9.47 Å². The number of rotatable bonds is 8. The second-order valence-corrected chi connectivity index (χ2v) is 9.02. The Bertz CT molecular complexity index is 1120. The van der Waals surface area contributed by atoms with Gasteiger partial charge in [0.05, 0.1) is 18.7 Å². The van der Waals surface area contributed by atoms with Gasteiger partial charge in [-0.05, 0) is 77.7 Å². The number of hydrogen-bond acceptors (Lipinski definition) is 7. The molecule has 0 radical (unpaired) electrons. The van der Waals surface area contributed by atoms with Crippen molar-refractivity contribution in [1.29, 1.82) is 0 Å². The SMILES string of the molecule is COc1cc([C@H](C[N+](=O)[O-])Sc2nnc(C)n2-c2ccc(C)c(C)c2)cc(Br)c1OC. The van der Waals surface area contributed by atoms with Crippen LogP contribution in [-0.4, -0.2) is 40.5 Å². The van der Waals surface area contributed by atoms with E-state index in [2.05, 4.69) is 39.1 Å². The molecule has 0 fully saturated rings. The molecule has 0 aliphatic heterocycles. The highest BCUT2D eigenvalue weighted by molar-refractivity contribution is 9.10. The van der Waals surface area contributed by atoms with E-state index in [1.54, 1.807) is 13.2 Å². The van der Waals surface area contributed by atoms with E-state index < -0.39 is 5.25 Å². The number of aryl methyl sites for hydroxylation is 3. The van der Waals surface area contributed by atoms with E-state index in [1.807, 2.05) is 36.6 Å². The molecule has 0 N–H and O–H groups in total. The fourth-order valence-corrected chi connectivity index (χ4v) is 4.95. The van der Waals surface area contributed by atoms with Crippen molar-refractivity contribution >= 4 is 27.7 Å². The molecule has 1 heterocycles. The number of benzene rings is 2. The first-order valence-corrected chi connectivity index (χ1v) is 11.1. The van der Waals surface area contributed by atoms with Crippen molar-refractivity contribution in [3.8, 4) is 17.2 Å². The molecule has 0 bridgehead atoms. The summed E-state index contributed by atoms with van der Waals surface area (Å²) in [5, 5.41) is 20.0. The maximum Gasteiger partial charge on any atom is 0.220 e. The molecule has 3 aromatic rings. The zero-order chi connectivity index (χ0) is 22.7. The average Bonchev–Trinajstić information content (AvgIpc) is 3.08. The largest absolute Gasteiger partial charge is 0.493 e. The Labute approximate surface area is 193 Å². The smallest absolute Gasteiger partial charge is 0.220 e. The van der Waals surface area contributed by atoms with Crippen LogP contribution in [0.1, 0.15) is 27.8 Å². The summed E-state index contributed by atoms with van der Waals surface area (Å²) in [5.41, 5.74) is 3.97. The third-order valence-electron chi connectivity index (χ3n) is 4.93. The standard InChI is InChI=1S/C21H23BrN4O4S/c1-12-6-7-16(8-13(12)2)26-14(3)23-24-21(26)31-19(11-25(27)28)15-9-17(22)20(30-5)18(10-15)29-4/h6-10,19H,11H2,1-5H3/t19-/m0/s1. The Hall–Kier alpha value is -2.59. The molecule has 0 spiro atoms. The molecule has 1 atom stereocenters. The lowest BCUT2D eigenvalue weighted by atomic mass is 10.1. The molecular formula is C21H23BrN4O4S. The first-order chi connectivity index (χ1) is 14.7. The van der Waals surface area contributed by atoms with E-state index in [4.69, 9.17) is 9.47 Å². The fraction of sp³-hybridized carbons (Fsp3) is 0.333. The summed E-state index contributed by atoms with van der Waals surface area (Å²) in [4.78, 5) is 11.1. The molecule has 2 aromatic carbocycles. The van der Waals surface area contributed by atoms with Gasteiger partial charge in [-0.25, -0.2) is 0 Å². The number of halogens is 1. The van der Waals surface area contributed by atoms with Crippen molar-refractivity contribution in [2.24, 2.45) is 0 Å². The summed E-state index contributed by atoms with van der Waals surface area (Å²) in [7, 11) is 3.07. The molecule has 0 unspecified atom stereocenters. The maximum atomic E-state index is 11.5. The lowest BCUT2D eigenvalue weighted by molar-refractivity contribution is -0.479. The van der Waals surface area contributed by atoms with Crippen molar-refractivity contribution in [3.63, 3.8) is 0 Å². The lowest BCUT2D eigenvalue weighted by Crippen LogP contribution is -2.11. The normalized spacial score (nSPS) is 11.9. The Balaban J connectivity index is 2.05. The fourth-order valence-electron chi connectivity index (χ4n) is 3.18. The third-order valence-corrected chi connectivity index (χ3v) is 6.70. The maximum absolute atomic E-state index is 11.5. The molecule has 0 saturated carbocycles. The summed E-state index contributed by atoms with van der Waals surface area (Å²) < 4.78 is 13.4. The van der Waals surface area contributed by atoms with Crippen LogP contribution < -0.4 is 9.47 Å². The van der Waals surface area contributed by atoms with Crippen molar-refractivity contribution in [3.05, 3.63) is 67.4 Å². The highest BCUT2D eigenvalue weighted by atomic mass is 79.9. The molecule has 0 saturated heterocycles. The predicted molar refractivity (Wildman–Crippen MR) is 123 cm³/mol. The van der Waals surface area contributed by atoms with Crippen molar-refractivity contribution in [1.82, 2.24) is 14.8 Å². The zero-order valence-corrected chi connectivity index (χ0v) is 20.3. The topological polar surface area (TPSA) is 92.3 Å². The summed E-state index contributed by atoms with van der Waals surface area (Å²) >= 11 is 4.77. The van der Waals surface area contributed by atoms with Gasteiger partial charge in [-0.2, -0.15) is 0 Å². The number of nitrogens with zero attached hydrogens (tertiary/aromatic N) is 4. The number of ether oxygens (including phenoxy) is 2. The van der Waals surface area contributed by atoms with Crippen molar-refractivity contribution in [2.75, 3.05) is 20.8 Å². The number of nitro groups is 1. The lowest BCUT2D eigenvalue weighted by Gasteiger charge is -2.17. The quantitative estimate of drug-likeness (QED) is 0.239. The minimum absolute atomic E-state index is 0.286. The molecule has 8 nitrogen and oxygen atoms in total. The second-order valence-electron chi connectivity index (χ2n) is 6.99. The third kappa shape index (κ3) is 5.01. The van der Waals surface area contributed by atoms with E-state index in [0.29, 0.717) is 27.0 Å². The van der Waals surface area contributed by atoms with Crippen LogP contribution in [-0.2, 0) is 0 Å². The van der Waals surface area contributed by atoms with Crippen LogP contribution in [0, 0.1) is 30.9 Å². The Morgan fingerprint density at radius 1 is 1.13 bits per heavy atom. The van der Waals surface area contributed by atoms with Gasteiger partial charge in [0.15, 0.2) is 16.7 Å². The minimum Gasteiger partial charge on any atom is -0.493 e.